The summed E-state index contributed by atoms with van der Waals surface area (Å²) in [6.45, 7) is 7.16. The zero-order valence-electron chi connectivity index (χ0n) is 17.3. The molecule has 0 spiro atoms. The highest BCUT2D eigenvalue weighted by Gasteiger charge is 2.21. The molecule has 0 heterocycles. The molecule has 1 aromatic carbocycles. The first-order valence-electron chi connectivity index (χ1n) is 10.7. The van der Waals surface area contributed by atoms with Crippen LogP contribution in [0.1, 0.15) is 107 Å². The van der Waals surface area contributed by atoms with Crippen molar-refractivity contribution in [1.29, 1.82) is 0 Å². The highest BCUT2D eigenvalue weighted by atomic mass is 127. The predicted octanol–water partition coefficient (Wildman–Crippen LogP) is 7.61. The van der Waals surface area contributed by atoms with E-state index in [-0.39, 0.29) is 0 Å². The number of aromatic carboxylic acids is 1. The van der Waals surface area contributed by atoms with Crippen LogP contribution in [0.5, 0.6) is 5.75 Å². The summed E-state index contributed by atoms with van der Waals surface area (Å²) in [7, 11) is 0. The topological polar surface area (TPSA) is 46.5 Å². The van der Waals surface area contributed by atoms with E-state index in [2.05, 4.69) is 43.4 Å². The molecule has 3 nitrogen and oxygen atoms in total. The van der Waals surface area contributed by atoms with Gasteiger partial charge in [-0.15, -0.1) is 0 Å². The molecular formula is C23H37IO3. The molecule has 0 fully saturated rings. The molecule has 1 rings (SSSR count). The Bertz CT molecular complexity index is 544. The van der Waals surface area contributed by atoms with Crippen molar-refractivity contribution in [2.24, 2.45) is 0 Å². The molecule has 1 N–H and O–H groups in total. The molecule has 4 heteroatoms. The Balaban J connectivity index is 2.69. The molecule has 2 atom stereocenters. The van der Waals surface area contributed by atoms with Gasteiger partial charge in [0.1, 0.15) is 11.3 Å². The summed E-state index contributed by atoms with van der Waals surface area (Å²) < 4.78 is 6.54. The number of benzene rings is 1. The molecule has 0 aliphatic rings. The Kier molecular flexibility index (Phi) is 12.8. The average Bonchev–Trinajstić information content (AvgIpc) is 2.66. The van der Waals surface area contributed by atoms with Gasteiger partial charge in [0.2, 0.25) is 0 Å². The van der Waals surface area contributed by atoms with E-state index >= 15 is 0 Å². The summed E-state index contributed by atoms with van der Waals surface area (Å²) in [4.78, 5) is 11.7. The van der Waals surface area contributed by atoms with Crippen molar-refractivity contribution in [3.05, 3.63) is 29.3 Å². The van der Waals surface area contributed by atoms with Crippen molar-refractivity contribution < 1.29 is 14.6 Å². The second-order valence-electron chi connectivity index (χ2n) is 7.39. The van der Waals surface area contributed by atoms with Crippen molar-refractivity contribution in [1.82, 2.24) is 0 Å². The summed E-state index contributed by atoms with van der Waals surface area (Å²) in [5, 5.41) is 9.60. The fourth-order valence-electron chi connectivity index (χ4n) is 3.54. The van der Waals surface area contributed by atoms with Crippen LogP contribution in [0.15, 0.2) is 18.2 Å². The van der Waals surface area contributed by atoms with Crippen LogP contribution in [-0.2, 0) is 0 Å². The third kappa shape index (κ3) is 8.84. The minimum Gasteiger partial charge on any atom is -0.491 e. The van der Waals surface area contributed by atoms with E-state index in [1.54, 1.807) is 6.07 Å². The maximum absolute atomic E-state index is 11.7. The van der Waals surface area contributed by atoms with E-state index < -0.39 is 5.97 Å². The van der Waals surface area contributed by atoms with Gasteiger partial charge in [-0.1, -0.05) is 100 Å². The number of carboxylic acid groups (broad SMARTS) is 1. The monoisotopic (exact) mass is 488 g/mol. The van der Waals surface area contributed by atoms with Gasteiger partial charge >= 0.3 is 5.97 Å². The van der Waals surface area contributed by atoms with Gasteiger partial charge in [0.15, 0.2) is 0 Å². The van der Waals surface area contributed by atoms with Gasteiger partial charge in [0, 0.05) is 3.92 Å². The zero-order valence-corrected chi connectivity index (χ0v) is 19.5. The lowest BCUT2D eigenvalue weighted by Crippen LogP contribution is -2.15. The molecule has 0 saturated heterocycles. The Labute approximate surface area is 179 Å². The van der Waals surface area contributed by atoms with Crippen molar-refractivity contribution in [3.63, 3.8) is 0 Å². The number of hydrogen-bond acceptors (Lipinski definition) is 2. The van der Waals surface area contributed by atoms with Crippen LogP contribution in [0.25, 0.3) is 0 Å². The summed E-state index contributed by atoms with van der Waals surface area (Å²) in [6, 6.07) is 5.55. The molecule has 0 bridgehead atoms. The minimum absolute atomic E-state index is 0.296. The van der Waals surface area contributed by atoms with Gasteiger partial charge in [0.25, 0.3) is 0 Å². The Hall–Kier alpha value is -0.780. The largest absolute Gasteiger partial charge is 0.491 e. The summed E-state index contributed by atoms with van der Waals surface area (Å²) in [5.74, 6) is 0.0459. The van der Waals surface area contributed by atoms with Gasteiger partial charge in [-0.3, -0.25) is 0 Å². The highest BCUT2D eigenvalue weighted by Crippen LogP contribution is 2.35. The van der Waals surface area contributed by atoms with Crippen LogP contribution < -0.4 is 4.74 Å². The normalized spacial score (nSPS) is 13.3. The lowest BCUT2D eigenvalue weighted by molar-refractivity contribution is 0.0692. The maximum Gasteiger partial charge on any atom is 0.339 e. The van der Waals surface area contributed by atoms with Gasteiger partial charge in [-0.25, -0.2) is 4.79 Å². The lowest BCUT2D eigenvalue weighted by atomic mass is 9.90. The number of ether oxygens (including phenoxy) is 1. The van der Waals surface area contributed by atoms with Crippen LogP contribution in [0.4, 0.5) is 0 Å². The third-order valence-electron chi connectivity index (χ3n) is 5.13. The molecule has 154 valence electrons. The number of carboxylic acids is 1. The van der Waals surface area contributed by atoms with E-state index in [0.29, 0.717) is 27.8 Å². The van der Waals surface area contributed by atoms with Crippen LogP contribution in [0, 0.1) is 0 Å². The van der Waals surface area contributed by atoms with E-state index in [9.17, 15) is 9.90 Å². The maximum atomic E-state index is 11.7. The Morgan fingerprint density at radius 3 is 2.37 bits per heavy atom. The van der Waals surface area contributed by atoms with Gasteiger partial charge in [-0.05, 0) is 36.8 Å². The molecule has 1 aromatic rings. The molecule has 0 amide bonds. The number of hydrogen-bond donors (Lipinski definition) is 1. The SMILES string of the molecule is CCCCCCCCC(I)COc1c(C(=O)O)cccc1C(CC)CCC. The van der Waals surface area contributed by atoms with Crippen molar-refractivity contribution in [2.45, 2.75) is 94.8 Å². The molecule has 2 unspecified atom stereocenters. The molecular weight excluding hydrogens is 451 g/mol. The third-order valence-corrected chi connectivity index (χ3v) is 6.11. The number of para-hydroxylation sites is 1. The number of rotatable bonds is 15. The first kappa shape index (κ1) is 24.3. The van der Waals surface area contributed by atoms with Crippen LogP contribution in [0.3, 0.4) is 0 Å². The fourth-order valence-corrected chi connectivity index (χ4v) is 4.16. The highest BCUT2D eigenvalue weighted by molar-refractivity contribution is 14.1. The van der Waals surface area contributed by atoms with E-state index in [1.807, 2.05) is 12.1 Å². The lowest BCUT2D eigenvalue weighted by Gasteiger charge is -2.21. The smallest absolute Gasteiger partial charge is 0.339 e. The van der Waals surface area contributed by atoms with Crippen molar-refractivity contribution in [2.75, 3.05) is 6.61 Å². The number of unbranched alkanes of at least 4 members (excludes halogenated alkanes) is 5. The fraction of sp³-hybridized carbons (Fsp3) is 0.696. The summed E-state index contributed by atoms with van der Waals surface area (Å²) >= 11 is 2.45. The van der Waals surface area contributed by atoms with Gasteiger partial charge < -0.3 is 9.84 Å². The van der Waals surface area contributed by atoms with Crippen LogP contribution in [-0.4, -0.2) is 21.6 Å². The first-order chi connectivity index (χ1) is 13.0. The van der Waals surface area contributed by atoms with E-state index in [4.69, 9.17) is 4.74 Å². The second kappa shape index (κ2) is 14.3. The van der Waals surface area contributed by atoms with Crippen LogP contribution >= 0.6 is 22.6 Å². The molecule has 0 saturated carbocycles. The van der Waals surface area contributed by atoms with Gasteiger partial charge in [0.05, 0.1) is 6.61 Å². The van der Waals surface area contributed by atoms with E-state index in [1.165, 1.54) is 38.5 Å². The van der Waals surface area contributed by atoms with Gasteiger partial charge in [-0.2, -0.15) is 0 Å². The van der Waals surface area contributed by atoms with Crippen LogP contribution in [0.2, 0.25) is 0 Å². The standard InChI is InChI=1S/C23H37IO3/c1-4-7-8-9-10-11-14-19(24)17-27-22-20(18(6-3)13-5-2)15-12-16-21(22)23(25)26/h12,15-16,18-19H,4-11,13-14,17H2,1-3H3,(H,25,26). The summed E-state index contributed by atoms with van der Waals surface area (Å²) in [6.07, 6.45) is 12.0. The van der Waals surface area contributed by atoms with E-state index in [0.717, 1.165) is 31.2 Å². The Morgan fingerprint density at radius 2 is 1.74 bits per heavy atom. The minimum atomic E-state index is -0.904. The molecule has 0 radical (unpaired) electrons. The number of carbonyl (C=O) groups is 1. The molecule has 0 aliphatic heterocycles. The quantitative estimate of drug-likeness (QED) is 0.157. The zero-order chi connectivity index (χ0) is 20.1. The predicted molar refractivity (Wildman–Crippen MR) is 123 cm³/mol. The number of halogens is 1. The molecule has 0 aliphatic carbocycles. The molecule has 27 heavy (non-hydrogen) atoms. The average molecular weight is 488 g/mol. The van der Waals surface area contributed by atoms with Crippen molar-refractivity contribution in [3.8, 4) is 5.75 Å². The first-order valence-corrected chi connectivity index (χ1v) is 11.9. The Morgan fingerprint density at radius 1 is 1.04 bits per heavy atom. The van der Waals surface area contributed by atoms with Crippen molar-refractivity contribution >= 4 is 28.6 Å². The number of alkyl halides is 1. The summed E-state index contributed by atoms with van der Waals surface area (Å²) in [5.41, 5.74) is 1.35. The second-order valence-corrected chi connectivity index (χ2v) is 9.15. The molecule has 0 aromatic heterocycles.